The molecule has 0 aromatic heterocycles. The van der Waals surface area contributed by atoms with E-state index in [0.29, 0.717) is 35.3 Å². The molecule has 3 aromatic rings. The monoisotopic (exact) mass is 486 g/mol. The van der Waals surface area contributed by atoms with Crippen LogP contribution >= 0.6 is 27.5 Å². The number of rotatable bonds is 8. The average molecular weight is 488 g/mol. The van der Waals surface area contributed by atoms with Crippen LogP contribution < -0.4 is 14.9 Å². The first-order chi connectivity index (χ1) is 14.6. The Labute approximate surface area is 188 Å². The quantitative estimate of drug-likeness (QED) is 0.320. The van der Waals surface area contributed by atoms with Crippen LogP contribution in [0, 0.1) is 0 Å². The topological polar surface area (TPSA) is 59.9 Å². The molecule has 30 heavy (non-hydrogen) atoms. The molecule has 0 aliphatic rings. The van der Waals surface area contributed by atoms with E-state index in [4.69, 9.17) is 21.1 Å². The van der Waals surface area contributed by atoms with Crippen LogP contribution in [0.25, 0.3) is 0 Å². The van der Waals surface area contributed by atoms with Crippen LogP contribution in [0.5, 0.6) is 11.5 Å². The SMILES string of the molecule is CCOc1cc(/C=N\NC(=O)c2ccccc2Cl)ccc1OCc1ccc(Br)cc1. The minimum atomic E-state index is -0.378. The fourth-order valence-corrected chi connectivity index (χ4v) is 3.09. The zero-order valence-electron chi connectivity index (χ0n) is 16.3. The zero-order valence-corrected chi connectivity index (χ0v) is 18.6. The summed E-state index contributed by atoms with van der Waals surface area (Å²) in [5.74, 6) is 0.865. The second-order valence-corrected chi connectivity index (χ2v) is 7.56. The van der Waals surface area contributed by atoms with Crippen LogP contribution in [0.4, 0.5) is 0 Å². The fraction of sp³-hybridized carbons (Fsp3) is 0.130. The van der Waals surface area contributed by atoms with E-state index in [9.17, 15) is 4.79 Å². The van der Waals surface area contributed by atoms with Crippen molar-refractivity contribution in [3.05, 3.63) is 92.9 Å². The standard InChI is InChI=1S/C23H20BrClN2O3/c1-2-29-22-13-17(14-26-27-23(28)19-5-3-4-6-20(19)25)9-12-21(22)30-15-16-7-10-18(24)11-8-16/h3-14H,2,15H2,1H3,(H,27,28)/b26-14-. The smallest absolute Gasteiger partial charge is 0.272 e. The molecular formula is C23H20BrClN2O3. The maximum atomic E-state index is 12.2. The van der Waals surface area contributed by atoms with Crippen LogP contribution in [0.15, 0.2) is 76.3 Å². The molecule has 0 bridgehead atoms. The van der Waals surface area contributed by atoms with Gasteiger partial charge in [-0.3, -0.25) is 4.79 Å². The molecule has 0 aliphatic heterocycles. The average Bonchev–Trinajstić information content (AvgIpc) is 2.75. The number of halogens is 2. The highest BCUT2D eigenvalue weighted by atomic mass is 79.9. The number of carbonyl (C=O) groups excluding carboxylic acids is 1. The van der Waals surface area contributed by atoms with Crippen molar-refractivity contribution in [2.45, 2.75) is 13.5 Å². The number of ether oxygens (including phenoxy) is 2. The predicted molar refractivity (Wildman–Crippen MR) is 123 cm³/mol. The molecule has 7 heteroatoms. The van der Waals surface area contributed by atoms with Gasteiger partial charge < -0.3 is 9.47 Å². The van der Waals surface area contributed by atoms with Crippen LogP contribution in [0.2, 0.25) is 5.02 Å². The van der Waals surface area contributed by atoms with Crippen molar-refractivity contribution < 1.29 is 14.3 Å². The minimum Gasteiger partial charge on any atom is -0.490 e. The number of amides is 1. The molecule has 1 N–H and O–H groups in total. The molecule has 0 fully saturated rings. The minimum absolute atomic E-state index is 0.364. The lowest BCUT2D eigenvalue weighted by Gasteiger charge is -2.12. The molecule has 0 heterocycles. The Bertz CT molecular complexity index is 1040. The number of hydrazone groups is 1. The van der Waals surface area contributed by atoms with Gasteiger partial charge in [0.2, 0.25) is 0 Å². The summed E-state index contributed by atoms with van der Waals surface area (Å²) < 4.78 is 12.6. The van der Waals surface area contributed by atoms with Gasteiger partial charge >= 0.3 is 0 Å². The molecule has 0 unspecified atom stereocenters. The van der Waals surface area contributed by atoms with Gasteiger partial charge in [-0.2, -0.15) is 5.10 Å². The molecule has 1 amide bonds. The van der Waals surface area contributed by atoms with E-state index in [0.717, 1.165) is 15.6 Å². The van der Waals surface area contributed by atoms with Crippen LogP contribution in [0.3, 0.4) is 0 Å². The van der Waals surface area contributed by atoms with Gasteiger partial charge in [0.25, 0.3) is 5.91 Å². The number of hydrogen-bond acceptors (Lipinski definition) is 4. The zero-order chi connectivity index (χ0) is 21.3. The van der Waals surface area contributed by atoms with Gasteiger partial charge in [-0.05, 0) is 60.5 Å². The largest absolute Gasteiger partial charge is 0.490 e. The van der Waals surface area contributed by atoms with Crippen LogP contribution in [-0.4, -0.2) is 18.7 Å². The summed E-state index contributed by atoms with van der Waals surface area (Å²) in [6.45, 7) is 2.83. The summed E-state index contributed by atoms with van der Waals surface area (Å²) in [5.41, 5.74) is 4.65. The highest BCUT2D eigenvalue weighted by Gasteiger charge is 2.09. The van der Waals surface area contributed by atoms with Crippen molar-refractivity contribution in [1.29, 1.82) is 0 Å². The number of nitrogens with zero attached hydrogens (tertiary/aromatic N) is 1. The van der Waals surface area contributed by atoms with Crippen molar-refractivity contribution >= 4 is 39.7 Å². The maximum absolute atomic E-state index is 12.2. The summed E-state index contributed by atoms with van der Waals surface area (Å²) in [7, 11) is 0. The molecular weight excluding hydrogens is 468 g/mol. The molecule has 3 aromatic carbocycles. The first kappa shape index (κ1) is 21.9. The maximum Gasteiger partial charge on any atom is 0.272 e. The van der Waals surface area contributed by atoms with E-state index in [1.165, 1.54) is 6.21 Å². The number of hydrogen-bond donors (Lipinski definition) is 1. The van der Waals surface area contributed by atoms with Gasteiger partial charge in [0.1, 0.15) is 6.61 Å². The molecule has 0 radical (unpaired) electrons. The third-order valence-electron chi connectivity index (χ3n) is 4.07. The molecule has 0 spiro atoms. The third kappa shape index (κ3) is 6.08. The third-order valence-corrected chi connectivity index (χ3v) is 4.93. The summed E-state index contributed by atoms with van der Waals surface area (Å²) in [5, 5.41) is 4.38. The highest BCUT2D eigenvalue weighted by Crippen LogP contribution is 2.29. The Balaban J connectivity index is 1.66. The number of benzene rings is 3. The number of nitrogens with one attached hydrogen (secondary N) is 1. The Morgan fingerprint density at radius 2 is 1.83 bits per heavy atom. The van der Waals surface area contributed by atoms with Crippen molar-refractivity contribution in [2.24, 2.45) is 5.10 Å². The van der Waals surface area contributed by atoms with Gasteiger partial charge in [-0.1, -0.05) is 51.8 Å². The first-order valence-corrected chi connectivity index (χ1v) is 10.5. The summed E-state index contributed by atoms with van der Waals surface area (Å²) in [4.78, 5) is 12.2. The fourth-order valence-electron chi connectivity index (χ4n) is 2.61. The van der Waals surface area contributed by atoms with Crippen molar-refractivity contribution in [3.8, 4) is 11.5 Å². The summed E-state index contributed by atoms with van der Waals surface area (Å²) in [6, 6.07) is 20.2. The Hall–Kier alpha value is -2.83. The van der Waals surface area contributed by atoms with Crippen molar-refractivity contribution in [2.75, 3.05) is 6.61 Å². The Morgan fingerprint density at radius 1 is 1.07 bits per heavy atom. The highest BCUT2D eigenvalue weighted by molar-refractivity contribution is 9.10. The van der Waals surface area contributed by atoms with E-state index < -0.39 is 0 Å². The number of carbonyl (C=O) groups is 1. The van der Waals surface area contributed by atoms with E-state index in [1.807, 2.05) is 49.4 Å². The van der Waals surface area contributed by atoms with Gasteiger partial charge in [-0.25, -0.2) is 5.43 Å². The van der Waals surface area contributed by atoms with E-state index >= 15 is 0 Å². The normalized spacial score (nSPS) is 10.8. The first-order valence-electron chi connectivity index (χ1n) is 9.29. The van der Waals surface area contributed by atoms with Gasteiger partial charge in [0, 0.05) is 4.47 Å². The summed E-state index contributed by atoms with van der Waals surface area (Å²) >= 11 is 9.45. The molecule has 0 saturated heterocycles. The lowest BCUT2D eigenvalue weighted by Crippen LogP contribution is -2.17. The lowest BCUT2D eigenvalue weighted by molar-refractivity contribution is 0.0955. The van der Waals surface area contributed by atoms with Crippen LogP contribution in [-0.2, 0) is 6.61 Å². The second-order valence-electron chi connectivity index (χ2n) is 6.23. The molecule has 0 aliphatic carbocycles. The molecule has 5 nitrogen and oxygen atoms in total. The van der Waals surface area contributed by atoms with E-state index in [-0.39, 0.29) is 5.91 Å². The van der Waals surface area contributed by atoms with E-state index in [1.54, 1.807) is 24.3 Å². The van der Waals surface area contributed by atoms with Gasteiger partial charge in [-0.15, -0.1) is 0 Å². The van der Waals surface area contributed by atoms with Crippen LogP contribution in [0.1, 0.15) is 28.4 Å². The van der Waals surface area contributed by atoms with Crippen molar-refractivity contribution in [3.63, 3.8) is 0 Å². The van der Waals surface area contributed by atoms with E-state index in [2.05, 4.69) is 26.5 Å². The van der Waals surface area contributed by atoms with Gasteiger partial charge in [0.15, 0.2) is 11.5 Å². The molecule has 3 rings (SSSR count). The Kier molecular flexibility index (Phi) is 7.88. The predicted octanol–water partition coefficient (Wildman–Crippen LogP) is 5.84. The molecule has 0 atom stereocenters. The summed E-state index contributed by atoms with van der Waals surface area (Å²) in [6.07, 6.45) is 1.54. The lowest BCUT2D eigenvalue weighted by atomic mass is 10.2. The second kappa shape index (κ2) is 10.8. The molecule has 0 saturated carbocycles. The Morgan fingerprint density at radius 3 is 2.57 bits per heavy atom. The van der Waals surface area contributed by atoms with Gasteiger partial charge in [0.05, 0.1) is 23.4 Å². The van der Waals surface area contributed by atoms with Crippen molar-refractivity contribution in [1.82, 2.24) is 5.43 Å². The molecule has 154 valence electrons.